The maximum Gasteiger partial charge on any atom is 0.421 e. The number of carbonyl (C=O) groups excluding carboxylic acids is 3. The maximum atomic E-state index is 14.1. The topological polar surface area (TPSA) is 121 Å². The van der Waals surface area contributed by atoms with E-state index >= 15 is 0 Å². The molecule has 0 spiro atoms. The van der Waals surface area contributed by atoms with Crippen LogP contribution in [0, 0.1) is 19.7 Å². The van der Waals surface area contributed by atoms with E-state index in [4.69, 9.17) is 10.5 Å². The molecule has 0 unspecified atom stereocenters. The standard InChI is InChI=1S/C26H34FN5O4.3ClH/c1-5-31(6-2)12-11-29-24(33)23-16(3)21(30-17(23)4)15-20-19-14-18(27)8-9-22(19)32(25(20)34)26(35)36-13-7-10-28;;;/h8-9,14-15,30H,5-7,10-13,28H2,1-4H3,(H,29,33);3*1H/b20-15-;;;. The van der Waals surface area contributed by atoms with E-state index in [1.807, 2.05) is 0 Å². The first-order valence-corrected chi connectivity index (χ1v) is 12.2. The second kappa shape index (κ2) is 16.5. The van der Waals surface area contributed by atoms with E-state index in [1.165, 1.54) is 18.2 Å². The number of aryl methyl sites for hydroxylation is 1. The van der Waals surface area contributed by atoms with Gasteiger partial charge in [0, 0.05) is 30.0 Å². The Morgan fingerprint density at radius 2 is 1.85 bits per heavy atom. The van der Waals surface area contributed by atoms with Crippen molar-refractivity contribution in [2.24, 2.45) is 5.73 Å². The molecule has 0 saturated heterocycles. The van der Waals surface area contributed by atoms with Gasteiger partial charge in [-0.1, -0.05) is 13.8 Å². The molecule has 0 aliphatic carbocycles. The second-order valence-electron chi connectivity index (χ2n) is 8.56. The molecule has 3 rings (SSSR count). The summed E-state index contributed by atoms with van der Waals surface area (Å²) in [4.78, 5) is 45.1. The predicted molar refractivity (Wildman–Crippen MR) is 159 cm³/mol. The molecule has 2 aromatic rings. The van der Waals surface area contributed by atoms with Crippen LogP contribution in [0.4, 0.5) is 14.9 Å². The van der Waals surface area contributed by atoms with Gasteiger partial charge < -0.3 is 25.7 Å². The number of nitrogens with one attached hydrogen (secondary N) is 2. The maximum absolute atomic E-state index is 14.1. The first-order chi connectivity index (χ1) is 17.2. The molecule has 1 aliphatic rings. The highest BCUT2D eigenvalue weighted by atomic mass is 35.5. The summed E-state index contributed by atoms with van der Waals surface area (Å²) < 4.78 is 19.3. The van der Waals surface area contributed by atoms with Gasteiger partial charge >= 0.3 is 6.09 Å². The second-order valence-corrected chi connectivity index (χ2v) is 8.56. The van der Waals surface area contributed by atoms with Gasteiger partial charge in [0.1, 0.15) is 5.82 Å². The number of rotatable bonds is 10. The number of benzene rings is 1. The van der Waals surface area contributed by atoms with Crippen LogP contribution in [0.1, 0.15) is 53.1 Å². The van der Waals surface area contributed by atoms with Crippen LogP contribution in [-0.2, 0) is 9.53 Å². The van der Waals surface area contributed by atoms with Crippen molar-refractivity contribution in [3.8, 4) is 0 Å². The third-order valence-corrected chi connectivity index (χ3v) is 6.28. The molecular weight excluding hydrogens is 572 g/mol. The van der Waals surface area contributed by atoms with Crippen molar-refractivity contribution in [3.63, 3.8) is 0 Å². The third kappa shape index (κ3) is 8.18. The number of H-pyrrole nitrogens is 1. The van der Waals surface area contributed by atoms with Gasteiger partial charge in [0.15, 0.2) is 0 Å². The average molecular weight is 609 g/mol. The zero-order valence-corrected chi connectivity index (χ0v) is 24.9. The van der Waals surface area contributed by atoms with E-state index in [-0.39, 0.29) is 66.6 Å². The lowest BCUT2D eigenvalue weighted by Gasteiger charge is -2.18. The van der Waals surface area contributed by atoms with Crippen molar-refractivity contribution in [2.45, 2.75) is 34.1 Å². The fourth-order valence-corrected chi connectivity index (χ4v) is 4.25. The highest BCUT2D eigenvalue weighted by molar-refractivity contribution is 6.41. The van der Waals surface area contributed by atoms with Crippen LogP contribution >= 0.6 is 37.2 Å². The first-order valence-electron chi connectivity index (χ1n) is 12.2. The van der Waals surface area contributed by atoms with E-state index in [0.717, 1.165) is 24.5 Å². The van der Waals surface area contributed by atoms with Gasteiger partial charge in [-0.3, -0.25) is 9.59 Å². The number of hydrogen-bond donors (Lipinski definition) is 3. The molecule has 1 aliphatic heterocycles. The number of aromatic nitrogens is 1. The molecule has 0 fully saturated rings. The van der Waals surface area contributed by atoms with Gasteiger partial charge in [0.25, 0.3) is 11.8 Å². The third-order valence-electron chi connectivity index (χ3n) is 6.28. The number of halogens is 4. The molecule has 1 aromatic carbocycles. The summed E-state index contributed by atoms with van der Waals surface area (Å²) in [6.45, 7) is 11.2. The van der Waals surface area contributed by atoms with Crippen LogP contribution in [0.5, 0.6) is 0 Å². The molecule has 0 bridgehead atoms. The number of fused-ring (bicyclic) bond motifs is 1. The Bertz CT molecular complexity index is 1180. The Morgan fingerprint density at radius 1 is 1.18 bits per heavy atom. The molecule has 13 heteroatoms. The highest BCUT2D eigenvalue weighted by Gasteiger charge is 2.38. The number of imide groups is 1. The van der Waals surface area contributed by atoms with Gasteiger partial charge in [0.2, 0.25) is 0 Å². The van der Waals surface area contributed by atoms with Crippen molar-refractivity contribution in [2.75, 3.05) is 44.2 Å². The molecule has 3 amide bonds. The molecule has 39 heavy (non-hydrogen) atoms. The zero-order chi connectivity index (χ0) is 26.4. The average Bonchev–Trinajstić information content (AvgIpc) is 3.28. The van der Waals surface area contributed by atoms with Crippen LogP contribution in [0.3, 0.4) is 0 Å². The number of carbonyl (C=O) groups is 3. The monoisotopic (exact) mass is 607 g/mol. The van der Waals surface area contributed by atoms with E-state index in [0.29, 0.717) is 42.0 Å². The lowest BCUT2D eigenvalue weighted by molar-refractivity contribution is -0.112. The molecule has 0 atom stereocenters. The van der Waals surface area contributed by atoms with Gasteiger partial charge in [0.05, 0.1) is 23.4 Å². The fourth-order valence-electron chi connectivity index (χ4n) is 4.25. The quantitative estimate of drug-likeness (QED) is 0.270. The minimum atomic E-state index is -0.850. The fraction of sp³-hybridized carbons (Fsp3) is 0.423. The molecule has 2 heterocycles. The van der Waals surface area contributed by atoms with Crippen LogP contribution < -0.4 is 16.0 Å². The molecular formula is C26H37Cl3FN5O4. The number of nitrogens with two attached hydrogens (primary N) is 1. The van der Waals surface area contributed by atoms with Gasteiger partial charge in [-0.25, -0.2) is 14.1 Å². The summed E-state index contributed by atoms with van der Waals surface area (Å²) in [5.74, 6) is -1.39. The van der Waals surface area contributed by atoms with E-state index < -0.39 is 17.8 Å². The Balaban J connectivity index is 0.00000481. The molecule has 0 radical (unpaired) electrons. The summed E-state index contributed by atoms with van der Waals surface area (Å²) >= 11 is 0. The van der Waals surface area contributed by atoms with Crippen molar-refractivity contribution < 1.29 is 23.5 Å². The number of likely N-dealkylation sites (N-methyl/N-ethyl adjacent to an activating group) is 1. The zero-order valence-electron chi connectivity index (χ0n) is 22.5. The van der Waals surface area contributed by atoms with E-state index in [1.54, 1.807) is 19.9 Å². The normalized spacial score (nSPS) is 12.9. The van der Waals surface area contributed by atoms with Gasteiger partial charge in [-0.2, -0.15) is 0 Å². The molecule has 218 valence electrons. The number of anilines is 1. The SMILES string of the molecule is CCN(CC)CCNC(=O)c1c(C)[nH]c(/C=C2\C(=O)N(C(=O)OCCCN)c3ccc(F)cc32)c1C.Cl.Cl.Cl. The lowest BCUT2D eigenvalue weighted by atomic mass is 10.0. The van der Waals surface area contributed by atoms with Crippen molar-refractivity contribution in [1.29, 1.82) is 0 Å². The van der Waals surface area contributed by atoms with Gasteiger partial charge in [-0.05, 0) is 69.7 Å². The summed E-state index contributed by atoms with van der Waals surface area (Å²) in [5, 5.41) is 2.95. The number of hydrogen-bond acceptors (Lipinski definition) is 6. The van der Waals surface area contributed by atoms with E-state index in [9.17, 15) is 18.8 Å². The Morgan fingerprint density at radius 3 is 2.46 bits per heavy atom. The largest absolute Gasteiger partial charge is 0.449 e. The Labute approximate surface area is 246 Å². The van der Waals surface area contributed by atoms with Crippen molar-refractivity contribution in [1.82, 2.24) is 15.2 Å². The Hall–Kier alpha value is -2.63. The molecule has 0 saturated carbocycles. The van der Waals surface area contributed by atoms with E-state index in [2.05, 4.69) is 29.0 Å². The number of amides is 3. The summed E-state index contributed by atoms with van der Waals surface area (Å²) in [7, 11) is 0. The van der Waals surface area contributed by atoms with Crippen LogP contribution in [0.2, 0.25) is 0 Å². The number of ether oxygens (including phenoxy) is 1. The van der Waals surface area contributed by atoms with Crippen LogP contribution in [-0.4, -0.2) is 67.1 Å². The molecule has 4 N–H and O–H groups in total. The summed E-state index contributed by atoms with van der Waals surface area (Å²) in [5.41, 5.74) is 8.38. The number of aromatic amines is 1. The summed E-state index contributed by atoms with van der Waals surface area (Å²) in [6.07, 6.45) is 1.15. The van der Waals surface area contributed by atoms with Crippen molar-refractivity contribution >= 4 is 72.5 Å². The summed E-state index contributed by atoms with van der Waals surface area (Å²) in [6, 6.07) is 3.76. The van der Waals surface area contributed by atoms with Crippen molar-refractivity contribution in [3.05, 3.63) is 52.1 Å². The highest BCUT2D eigenvalue weighted by Crippen LogP contribution is 2.39. The van der Waals surface area contributed by atoms with Gasteiger partial charge in [-0.15, -0.1) is 37.2 Å². The first kappa shape index (κ1) is 36.4. The molecule has 9 nitrogen and oxygen atoms in total. The Kier molecular flexibility index (Phi) is 15.4. The lowest BCUT2D eigenvalue weighted by Crippen LogP contribution is -2.35. The van der Waals surface area contributed by atoms with Crippen LogP contribution in [0.15, 0.2) is 18.2 Å². The molecule has 1 aromatic heterocycles. The van der Waals surface area contributed by atoms with Crippen LogP contribution in [0.25, 0.3) is 11.6 Å². The predicted octanol–water partition coefficient (Wildman–Crippen LogP) is 4.48. The minimum absolute atomic E-state index is 0. The minimum Gasteiger partial charge on any atom is -0.449 e. The smallest absolute Gasteiger partial charge is 0.421 e. The number of nitrogens with zero attached hydrogens (tertiary/aromatic N) is 2.